The zero-order valence-electron chi connectivity index (χ0n) is 17.6. The molecular weight excluding hydrogens is 531 g/mol. The molecule has 0 bridgehead atoms. The number of hydrogen-bond donors (Lipinski definition) is 2. The summed E-state index contributed by atoms with van der Waals surface area (Å²) in [6.45, 7) is 0. The van der Waals surface area contributed by atoms with Crippen LogP contribution in [0.3, 0.4) is 0 Å². The van der Waals surface area contributed by atoms with Gasteiger partial charge in [-0.15, -0.1) is 0 Å². The van der Waals surface area contributed by atoms with Crippen LogP contribution in [0.5, 0.6) is 5.75 Å². The Morgan fingerprint density at radius 1 is 1.11 bits per heavy atom. The Hall–Kier alpha value is -3.42. The Morgan fingerprint density at radius 3 is 2.43 bits per heavy atom. The summed E-state index contributed by atoms with van der Waals surface area (Å²) in [7, 11) is -2.17. The van der Waals surface area contributed by atoms with Gasteiger partial charge in [0.25, 0.3) is 10.0 Å². The molecule has 1 heterocycles. The Morgan fingerprint density at radius 2 is 1.83 bits per heavy atom. The van der Waals surface area contributed by atoms with Crippen LogP contribution in [0.25, 0.3) is 21.9 Å². The maximum Gasteiger partial charge on any atom is 0.490 e. The molecular formula is C21H15ClF3N3O5S2. The van der Waals surface area contributed by atoms with Crippen molar-refractivity contribution in [2.45, 2.75) is 11.1 Å². The molecule has 14 heteroatoms. The number of nitrogens with one attached hydrogen (secondary N) is 1. The van der Waals surface area contributed by atoms with E-state index in [2.05, 4.69) is 14.1 Å². The highest BCUT2D eigenvalue weighted by atomic mass is 35.5. The number of methoxy groups -OCH3 is 1. The number of rotatable bonds is 5. The maximum atomic E-state index is 12.6. The molecule has 0 aliphatic carbocycles. The summed E-state index contributed by atoms with van der Waals surface area (Å²) < 4.78 is 68.7. The van der Waals surface area contributed by atoms with Crippen molar-refractivity contribution in [1.82, 2.24) is 9.36 Å². The highest BCUT2D eigenvalue weighted by Gasteiger charge is 2.38. The second kappa shape index (κ2) is 10.5. The van der Waals surface area contributed by atoms with Gasteiger partial charge in [-0.05, 0) is 46.7 Å². The van der Waals surface area contributed by atoms with Gasteiger partial charge >= 0.3 is 12.1 Å². The van der Waals surface area contributed by atoms with Crippen molar-refractivity contribution < 1.29 is 36.2 Å². The summed E-state index contributed by atoms with van der Waals surface area (Å²) >= 11 is 7.05. The maximum absolute atomic E-state index is 12.6. The molecule has 0 fully saturated rings. The zero-order chi connectivity index (χ0) is 25.8. The van der Waals surface area contributed by atoms with Crippen LogP contribution in [0.15, 0.2) is 65.8 Å². The zero-order valence-corrected chi connectivity index (χ0v) is 20.0. The van der Waals surface area contributed by atoms with Gasteiger partial charge in [-0.25, -0.2) is 18.2 Å². The largest absolute Gasteiger partial charge is 0.496 e. The molecule has 0 radical (unpaired) electrons. The lowest BCUT2D eigenvalue weighted by Crippen LogP contribution is -2.21. The van der Waals surface area contributed by atoms with Gasteiger partial charge in [-0.1, -0.05) is 35.9 Å². The van der Waals surface area contributed by atoms with E-state index in [0.29, 0.717) is 10.8 Å². The standard InChI is InChI=1S/C19H14ClN3O3S2.C2HF3O2/c1-26-18-10-13(20)5-7-17(18)16-4-2-3-12-9-14(6-8-15(12)16)28(24,25)23-19-21-11-22-27-19;3-2(4,5)1(6)7/h2-11H,1H3,(H,21,22,23);(H,6,7). The second-order valence-corrected chi connectivity index (χ2v) is 9.59. The van der Waals surface area contributed by atoms with Crippen LogP contribution in [0.4, 0.5) is 18.3 Å². The van der Waals surface area contributed by atoms with E-state index in [-0.39, 0.29) is 10.0 Å². The molecule has 4 rings (SSSR count). The molecule has 0 saturated heterocycles. The van der Waals surface area contributed by atoms with Crippen molar-refractivity contribution in [1.29, 1.82) is 0 Å². The van der Waals surface area contributed by atoms with E-state index in [1.165, 1.54) is 6.33 Å². The third-order valence-corrected chi connectivity index (χ3v) is 6.72. The predicted molar refractivity (Wildman–Crippen MR) is 125 cm³/mol. The second-order valence-electron chi connectivity index (χ2n) is 6.69. The molecule has 0 saturated carbocycles. The lowest BCUT2D eigenvalue weighted by atomic mass is 9.97. The number of fused-ring (bicyclic) bond motifs is 1. The van der Waals surface area contributed by atoms with Gasteiger partial charge in [0, 0.05) is 22.1 Å². The van der Waals surface area contributed by atoms with E-state index in [1.807, 2.05) is 24.3 Å². The molecule has 0 atom stereocenters. The van der Waals surface area contributed by atoms with Crippen molar-refractivity contribution >= 4 is 55.0 Å². The Balaban J connectivity index is 0.000000429. The number of carbonyl (C=O) groups is 1. The Labute approximate surface area is 206 Å². The predicted octanol–water partition coefficient (Wildman–Crippen LogP) is 5.45. The highest BCUT2D eigenvalue weighted by Crippen LogP contribution is 2.37. The first-order valence-electron chi connectivity index (χ1n) is 9.38. The fourth-order valence-corrected chi connectivity index (χ4v) is 4.80. The first kappa shape index (κ1) is 26.2. The number of carboxylic acids is 1. The van der Waals surface area contributed by atoms with Crippen molar-refractivity contribution in [2.75, 3.05) is 11.8 Å². The summed E-state index contributed by atoms with van der Waals surface area (Å²) in [6.07, 6.45) is -3.78. The van der Waals surface area contributed by atoms with Gasteiger partial charge in [-0.2, -0.15) is 17.5 Å². The van der Waals surface area contributed by atoms with E-state index < -0.39 is 22.2 Å². The summed E-state index contributed by atoms with van der Waals surface area (Å²) in [5.74, 6) is -2.11. The number of sulfonamides is 1. The van der Waals surface area contributed by atoms with Gasteiger partial charge in [0.15, 0.2) is 0 Å². The van der Waals surface area contributed by atoms with Crippen LogP contribution in [0.2, 0.25) is 5.02 Å². The van der Waals surface area contributed by atoms with Gasteiger partial charge < -0.3 is 9.84 Å². The molecule has 4 aromatic rings. The van der Waals surface area contributed by atoms with Crippen molar-refractivity contribution in [3.63, 3.8) is 0 Å². The number of aliphatic carboxylic acids is 1. The minimum atomic E-state index is -5.08. The number of hydrogen-bond acceptors (Lipinski definition) is 7. The van der Waals surface area contributed by atoms with E-state index >= 15 is 0 Å². The van der Waals surface area contributed by atoms with Crippen LogP contribution in [0.1, 0.15) is 0 Å². The van der Waals surface area contributed by atoms with Crippen molar-refractivity contribution in [3.8, 4) is 16.9 Å². The summed E-state index contributed by atoms with van der Waals surface area (Å²) in [6, 6.07) is 16.1. The van der Waals surface area contributed by atoms with Gasteiger partial charge in [-0.3, -0.25) is 4.72 Å². The third-order valence-electron chi connectivity index (χ3n) is 4.44. The van der Waals surface area contributed by atoms with Crippen LogP contribution < -0.4 is 9.46 Å². The quantitative estimate of drug-likeness (QED) is 0.342. The SMILES string of the molecule is COc1cc(Cl)ccc1-c1cccc2cc(S(=O)(=O)Nc3ncns3)ccc12.O=C(O)C(F)(F)F. The first-order chi connectivity index (χ1) is 16.4. The lowest BCUT2D eigenvalue weighted by Gasteiger charge is -2.13. The van der Waals surface area contributed by atoms with E-state index in [0.717, 1.165) is 33.4 Å². The Bertz CT molecular complexity index is 1460. The topological polar surface area (TPSA) is 118 Å². The molecule has 0 aliphatic rings. The third kappa shape index (κ3) is 6.38. The van der Waals surface area contributed by atoms with E-state index in [4.69, 9.17) is 26.2 Å². The molecule has 35 heavy (non-hydrogen) atoms. The normalized spacial score (nSPS) is 11.5. The number of benzene rings is 3. The molecule has 0 aliphatic heterocycles. The molecule has 8 nitrogen and oxygen atoms in total. The molecule has 1 aromatic heterocycles. The monoisotopic (exact) mass is 545 g/mol. The highest BCUT2D eigenvalue weighted by molar-refractivity contribution is 7.93. The number of nitrogens with zero attached hydrogens (tertiary/aromatic N) is 2. The van der Waals surface area contributed by atoms with Crippen LogP contribution in [-0.4, -0.2) is 42.1 Å². The molecule has 0 spiro atoms. The molecule has 184 valence electrons. The fraction of sp³-hybridized carbons (Fsp3) is 0.0952. The molecule has 3 aromatic carbocycles. The van der Waals surface area contributed by atoms with Gasteiger partial charge in [0.05, 0.1) is 12.0 Å². The van der Waals surface area contributed by atoms with Crippen LogP contribution >= 0.6 is 23.1 Å². The van der Waals surface area contributed by atoms with Crippen molar-refractivity contribution in [3.05, 3.63) is 65.9 Å². The Kier molecular flexibility index (Phi) is 7.83. The van der Waals surface area contributed by atoms with Gasteiger partial charge in [0.1, 0.15) is 12.1 Å². The van der Waals surface area contributed by atoms with Crippen LogP contribution in [-0.2, 0) is 14.8 Å². The fourth-order valence-electron chi connectivity index (χ4n) is 2.94. The molecule has 0 unspecified atom stereocenters. The summed E-state index contributed by atoms with van der Waals surface area (Å²) in [5, 5.41) is 9.62. The average Bonchev–Trinajstić information content (AvgIpc) is 3.30. The van der Waals surface area contributed by atoms with Gasteiger partial charge in [0.2, 0.25) is 5.13 Å². The summed E-state index contributed by atoms with van der Waals surface area (Å²) in [5.41, 5.74) is 1.80. The van der Waals surface area contributed by atoms with Crippen molar-refractivity contribution in [2.24, 2.45) is 0 Å². The lowest BCUT2D eigenvalue weighted by molar-refractivity contribution is -0.192. The first-order valence-corrected chi connectivity index (χ1v) is 12.0. The smallest absolute Gasteiger partial charge is 0.490 e. The number of alkyl halides is 3. The number of anilines is 1. The number of carboxylic acid groups (broad SMARTS) is 1. The number of ether oxygens (including phenoxy) is 1. The molecule has 0 amide bonds. The molecule has 2 N–H and O–H groups in total. The summed E-state index contributed by atoms with van der Waals surface area (Å²) in [4.78, 5) is 12.9. The van der Waals surface area contributed by atoms with E-state index in [9.17, 15) is 21.6 Å². The number of aromatic nitrogens is 2. The average molecular weight is 546 g/mol. The minimum Gasteiger partial charge on any atom is -0.496 e. The minimum absolute atomic E-state index is 0.149. The van der Waals surface area contributed by atoms with Crippen LogP contribution in [0, 0.1) is 0 Å². The number of halogens is 4. The van der Waals surface area contributed by atoms with E-state index in [1.54, 1.807) is 37.4 Å².